The molecule has 4 aromatic rings. The first-order valence-electron chi connectivity index (χ1n) is 9.81. The zero-order chi connectivity index (χ0) is 21.6. The average Bonchev–Trinajstić information content (AvgIpc) is 2.84. The van der Waals surface area contributed by atoms with E-state index in [1.54, 1.807) is 36.8 Å². The van der Waals surface area contributed by atoms with Crippen molar-refractivity contribution in [2.24, 2.45) is 4.99 Å². The summed E-state index contributed by atoms with van der Waals surface area (Å²) in [7, 11) is 0. The Kier molecular flexibility index (Phi) is 5.94. The fourth-order valence-corrected chi connectivity index (χ4v) is 3.36. The van der Waals surface area contributed by atoms with Crippen molar-refractivity contribution < 1.29 is 4.39 Å². The van der Waals surface area contributed by atoms with Crippen LogP contribution in [0.4, 0.5) is 15.9 Å². The van der Waals surface area contributed by atoms with Gasteiger partial charge in [0.1, 0.15) is 0 Å². The fourth-order valence-electron chi connectivity index (χ4n) is 3.36. The van der Waals surface area contributed by atoms with Crippen LogP contribution < -0.4 is 5.32 Å². The van der Waals surface area contributed by atoms with Crippen LogP contribution in [0.3, 0.4) is 0 Å². The molecule has 0 aliphatic carbocycles. The van der Waals surface area contributed by atoms with Crippen LogP contribution in [0.25, 0.3) is 28.3 Å². The van der Waals surface area contributed by atoms with Crippen molar-refractivity contribution in [2.75, 3.05) is 5.32 Å². The van der Waals surface area contributed by atoms with Gasteiger partial charge in [0.05, 0.1) is 5.69 Å². The summed E-state index contributed by atoms with van der Waals surface area (Å²) >= 11 is 0. The highest BCUT2D eigenvalue weighted by molar-refractivity contribution is 5.75. The fraction of sp³-hybridized carbons (Fsp3) is 0.0385. The van der Waals surface area contributed by atoms with Crippen molar-refractivity contribution >= 4 is 24.3 Å². The van der Waals surface area contributed by atoms with Gasteiger partial charge in [-0.15, -0.1) is 0 Å². The molecule has 2 heterocycles. The molecule has 0 bridgehead atoms. The number of anilines is 1. The van der Waals surface area contributed by atoms with Crippen LogP contribution in [0.15, 0.2) is 90.8 Å². The molecule has 5 heteroatoms. The number of halogens is 1. The summed E-state index contributed by atoms with van der Waals surface area (Å²) in [6.07, 6.45) is 6.82. The summed E-state index contributed by atoms with van der Waals surface area (Å²) in [5.74, 6) is -0.188. The topological polar surface area (TPSA) is 50.2 Å². The second kappa shape index (κ2) is 9.13. The van der Waals surface area contributed by atoms with Crippen molar-refractivity contribution in [1.29, 1.82) is 0 Å². The van der Waals surface area contributed by atoms with E-state index >= 15 is 4.39 Å². The molecule has 4 nitrogen and oxygen atoms in total. The van der Waals surface area contributed by atoms with Crippen LogP contribution in [0.1, 0.15) is 11.1 Å². The van der Waals surface area contributed by atoms with Gasteiger partial charge in [-0.3, -0.25) is 9.98 Å². The van der Waals surface area contributed by atoms with Crippen LogP contribution in [-0.4, -0.2) is 16.7 Å². The van der Waals surface area contributed by atoms with Gasteiger partial charge in [0, 0.05) is 36.3 Å². The first kappa shape index (κ1) is 20.2. The zero-order valence-corrected chi connectivity index (χ0v) is 16.9. The molecule has 0 radical (unpaired) electrons. The van der Waals surface area contributed by atoms with E-state index in [0.29, 0.717) is 17.8 Å². The first-order chi connectivity index (χ1) is 15.2. The number of nitrogens with one attached hydrogen (secondary N) is 1. The maximum absolute atomic E-state index is 15.2. The Morgan fingerprint density at radius 2 is 1.61 bits per heavy atom. The maximum atomic E-state index is 15.2. The highest BCUT2D eigenvalue weighted by atomic mass is 19.1. The third kappa shape index (κ3) is 4.41. The minimum Gasteiger partial charge on any atom is -0.364 e. The van der Waals surface area contributed by atoms with Crippen molar-refractivity contribution in [3.63, 3.8) is 0 Å². The normalized spacial score (nSPS) is 10.5. The van der Waals surface area contributed by atoms with E-state index in [-0.39, 0.29) is 5.82 Å². The summed E-state index contributed by atoms with van der Waals surface area (Å²) in [6.45, 7) is 7.81. The standard InChI is InChI=1S/C26H21FN4/c1-3-19-16-22(8-9-24(19)28-2)23-12-15-30-26(25(23)27)31-17-18-4-6-20(7-5-18)21-10-13-29-14-11-21/h3-16H,1-2,17H2,(H,30,31). The Labute approximate surface area is 180 Å². The zero-order valence-electron chi connectivity index (χ0n) is 16.9. The smallest absolute Gasteiger partial charge is 0.173 e. The molecular formula is C26H21FN4. The summed E-state index contributed by atoms with van der Waals surface area (Å²) in [6, 6.07) is 19.2. The minimum atomic E-state index is -0.398. The lowest BCUT2D eigenvalue weighted by molar-refractivity contribution is 0.628. The number of rotatable bonds is 7. The molecule has 2 aromatic carbocycles. The Balaban J connectivity index is 1.53. The largest absolute Gasteiger partial charge is 0.364 e. The van der Waals surface area contributed by atoms with E-state index in [2.05, 4.69) is 33.6 Å². The quantitative estimate of drug-likeness (QED) is 0.353. The predicted molar refractivity (Wildman–Crippen MR) is 126 cm³/mol. The molecule has 0 unspecified atom stereocenters. The molecule has 2 aromatic heterocycles. The molecule has 0 amide bonds. The monoisotopic (exact) mass is 408 g/mol. The Hall–Kier alpha value is -4.12. The van der Waals surface area contributed by atoms with E-state index in [0.717, 1.165) is 27.8 Å². The van der Waals surface area contributed by atoms with Gasteiger partial charge in [0.2, 0.25) is 0 Å². The average molecular weight is 408 g/mol. The van der Waals surface area contributed by atoms with Gasteiger partial charge in [-0.1, -0.05) is 43.0 Å². The molecule has 0 spiro atoms. The molecule has 0 atom stereocenters. The summed E-state index contributed by atoms with van der Waals surface area (Å²) < 4.78 is 15.2. The maximum Gasteiger partial charge on any atom is 0.173 e. The molecule has 4 rings (SSSR count). The van der Waals surface area contributed by atoms with E-state index in [9.17, 15) is 0 Å². The number of aromatic nitrogens is 2. The predicted octanol–water partition coefficient (Wildman–Crippen LogP) is 6.54. The van der Waals surface area contributed by atoms with Gasteiger partial charge in [-0.25, -0.2) is 9.37 Å². The SMILES string of the molecule is C=Cc1cc(-c2ccnc(NCc3ccc(-c4ccncc4)cc3)c2F)ccc1N=C. The lowest BCUT2D eigenvalue weighted by Gasteiger charge is -2.11. The van der Waals surface area contributed by atoms with Gasteiger partial charge < -0.3 is 5.32 Å². The van der Waals surface area contributed by atoms with E-state index in [1.807, 2.05) is 48.5 Å². The molecule has 0 aliphatic heterocycles. The lowest BCUT2D eigenvalue weighted by atomic mass is 10.0. The van der Waals surface area contributed by atoms with Crippen LogP contribution in [0.2, 0.25) is 0 Å². The summed E-state index contributed by atoms with van der Waals surface area (Å²) in [4.78, 5) is 12.2. The van der Waals surface area contributed by atoms with Crippen LogP contribution in [-0.2, 0) is 6.54 Å². The molecule has 0 saturated carbocycles. The summed E-state index contributed by atoms with van der Waals surface area (Å²) in [5, 5.41) is 3.10. The summed E-state index contributed by atoms with van der Waals surface area (Å²) in [5.41, 5.74) is 5.93. The Morgan fingerprint density at radius 3 is 2.32 bits per heavy atom. The number of hydrogen-bond donors (Lipinski definition) is 1. The second-order valence-electron chi connectivity index (χ2n) is 6.94. The molecule has 0 aliphatic rings. The van der Waals surface area contributed by atoms with E-state index < -0.39 is 5.82 Å². The number of nitrogens with zero attached hydrogens (tertiary/aromatic N) is 3. The third-order valence-corrected chi connectivity index (χ3v) is 5.05. The Morgan fingerprint density at radius 1 is 0.903 bits per heavy atom. The van der Waals surface area contributed by atoms with Crippen LogP contribution in [0.5, 0.6) is 0 Å². The van der Waals surface area contributed by atoms with E-state index in [1.165, 1.54) is 0 Å². The number of aliphatic imine (C=N–C) groups is 1. The first-order valence-corrected chi connectivity index (χ1v) is 9.81. The number of pyridine rings is 2. The van der Waals surface area contributed by atoms with Crippen molar-refractivity contribution in [1.82, 2.24) is 9.97 Å². The van der Waals surface area contributed by atoms with Crippen LogP contribution in [0, 0.1) is 5.82 Å². The van der Waals surface area contributed by atoms with E-state index in [4.69, 9.17) is 0 Å². The van der Waals surface area contributed by atoms with Crippen molar-refractivity contribution in [2.45, 2.75) is 6.54 Å². The van der Waals surface area contributed by atoms with Crippen LogP contribution >= 0.6 is 0 Å². The lowest BCUT2D eigenvalue weighted by Crippen LogP contribution is -2.04. The Bertz CT molecular complexity index is 1220. The van der Waals surface area contributed by atoms with Crippen molar-refractivity contribution in [3.05, 3.63) is 103 Å². The van der Waals surface area contributed by atoms with Gasteiger partial charge >= 0.3 is 0 Å². The molecule has 0 saturated heterocycles. The molecule has 1 N–H and O–H groups in total. The van der Waals surface area contributed by atoms with Gasteiger partial charge in [0.25, 0.3) is 0 Å². The number of benzene rings is 2. The van der Waals surface area contributed by atoms with Gasteiger partial charge in [-0.2, -0.15) is 0 Å². The van der Waals surface area contributed by atoms with Gasteiger partial charge in [-0.05, 0) is 59.3 Å². The highest BCUT2D eigenvalue weighted by Gasteiger charge is 2.12. The molecule has 152 valence electrons. The molecular weight excluding hydrogens is 387 g/mol. The highest BCUT2D eigenvalue weighted by Crippen LogP contribution is 2.31. The second-order valence-corrected chi connectivity index (χ2v) is 6.94. The molecule has 31 heavy (non-hydrogen) atoms. The number of hydrogen-bond acceptors (Lipinski definition) is 4. The minimum absolute atomic E-state index is 0.210. The van der Waals surface area contributed by atoms with Gasteiger partial charge in [0.15, 0.2) is 11.6 Å². The van der Waals surface area contributed by atoms with Crippen molar-refractivity contribution in [3.8, 4) is 22.3 Å². The third-order valence-electron chi connectivity index (χ3n) is 5.05. The molecule has 0 fully saturated rings.